The maximum atomic E-state index is 12.0. The van der Waals surface area contributed by atoms with Gasteiger partial charge >= 0.3 is 0 Å². The summed E-state index contributed by atoms with van der Waals surface area (Å²) in [6, 6.07) is 16.7. The van der Waals surface area contributed by atoms with Gasteiger partial charge in [-0.15, -0.1) is 0 Å². The lowest BCUT2D eigenvalue weighted by molar-refractivity contribution is -0.119. The van der Waals surface area contributed by atoms with Gasteiger partial charge in [0.15, 0.2) is 0 Å². The number of benzene rings is 2. The Hall–Kier alpha value is -2.29. The van der Waals surface area contributed by atoms with Crippen LogP contribution in [0.5, 0.6) is 5.75 Å². The molecule has 0 saturated heterocycles. The number of hydrogen-bond donors (Lipinski definition) is 2. The molecule has 103 valence electrons. The van der Waals surface area contributed by atoms with E-state index in [1.165, 1.54) is 0 Å². The van der Waals surface area contributed by atoms with Gasteiger partial charge in [-0.05, 0) is 36.6 Å². The van der Waals surface area contributed by atoms with E-state index in [4.69, 9.17) is 0 Å². The summed E-state index contributed by atoms with van der Waals surface area (Å²) >= 11 is 0. The van der Waals surface area contributed by atoms with Gasteiger partial charge in [-0.1, -0.05) is 42.5 Å². The van der Waals surface area contributed by atoms with Crippen molar-refractivity contribution in [2.45, 2.75) is 19.9 Å². The first-order valence-corrected chi connectivity index (χ1v) is 6.57. The number of amides is 1. The highest BCUT2D eigenvalue weighted by molar-refractivity contribution is 5.89. The standard InChI is InChI=1S/C17H18NO2/c1-13(11-14-7-9-16(19)10-8-14)17(20)18-12-15-5-3-2-4-6-15/h2-10,19H,11-12H2,1H3,(H,18,20). The van der Waals surface area contributed by atoms with E-state index in [1.54, 1.807) is 12.1 Å². The summed E-state index contributed by atoms with van der Waals surface area (Å²) in [4.78, 5) is 12.0. The van der Waals surface area contributed by atoms with Gasteiger partial charge in [0.2, 0.25) is 5.91 Å². The average molecular weight is 268 g/mol. The van der Waals surface area contributed by atoms with Crippen molar-refractivity contribution >= 4 is 5.91 Å². The number of rotatable bonds is 5. The minimum atomic E-state index is -0.0399. The Kier molecular flexibility index (Phi) is 4.77. The van der Waals surface area contributed by atoms with Crippen molar-refractivity contribution < 1.29 is 9.90 Å². The molecule has 0 aliphatic rings. The largest absolute Gasteiger partial charge is 0.508 e. The number of phenolic OH excluding ortho intramolecular Hbond substituents is 1. The molecular weight excluding hydrogens is 250 g/mol. The van der Waals surface area contributed by atoms with Crippen LogP contribution in [0.4, 0.5) is 0 Å². The van der Waals surface area contributed by atoms with Gasteiger partial charge in [0.1, 0.15) is 5.75 Å². The Bertz CT molecular complexity index is 549. The van der Waals surface area contributed by atoms with Crippen LogP contribution >= 0.6 is 0 Å². The van der Waals surface area contributed by atoms with E-state index >= 15 is 0 Å². The highest BCUT2D eigenvalue weighted by Gasteiger charge is 2.13. The van der Waals surface area contributed by atoms with Crippen LogP contribution in [0.15, 0.2) is 54.6 Å². The molecule has 0 unspecified atom stereocenters. The summed E-state index contributed by atoms with van der Waals surface area (Å²) in [5.41, 5.74) is 2.09. The van der Waals surface area contributed by atoms with Crippen molar-refractivity contribution in [3.8, 4) is 5.75 Å². The molecule has 3 heteroatoms. The Balaban J connectivity index is 1.84. The number of hydrogen-bond acceptors (Lipinski definition) is 2. The van der Waals surface area contributed by atoms with Crippen LogP contribution in [0.25, 0.3) is 0 Å². The molecular formula is C17H18NO2. The summed E-state index contributed by atoms with van der Waals surface area (Å²) in [6.07, 6.45) is 0.584. The van der Waals surface area contributed by atoms with Crippen LogP contribution in [0.1, 0.15) is 18.1 Å². The molecule has 2 aromatic rings. The minimum absolute atomic E-state index is 0.0399. The number of phenols is 1. The van der Waals surface area contributed by atoms with Gasteiger partial charge in [-0.3, -0.25) is 4.79 Å². The summed E-state index contributed by atoms with van der Waals surface area (Å²) < 4.78 is 0. The molecule has 0 aromatic heterocycles. The zero-order chi connectivity index (χ0) is 14.4. The first-order valence-electron chi connectivity index (χ1n) is 6.57. The Morgan fingerprint density at radius 3 is 2.30 bits per heavy atom. The number of aromatic hydroxyl groups is 1. The second kappa shape index (κ2) is 6.75. The van der Waals surface area contributed by atoms with Gasteiger partial charge in [0.05, 0.1) is 5.92 Å². The minimum Gasteiger partial charge on any atom is -0.508 e. The zero-order valence-electron chi connectivity index (χ0n) is 11.5. The van der Waals surface area contributed by atoms with Crippen molar-refractivity contribution in [1.29, 1.82) is 0 Å². The van der Waals surface area contributed by atoms with Crippen molar-refractivity contribution in [2.24, 2.45) is 0 Å². The SMILES string of the molecule is C[C](Cc1ccc(O)cc1)C(=O)NCc1ccccc1. The lowest BCUT2D eigenvalue weighted by Gasteiger charge is -2.11. The lowest BCUT2D eigenvalue weighted by atomic mass is 10.0. The van der Waals surface area contributed by atoms with Crippen LogP contribution < -0.4 is 5.32 Å². The molecule has 2 aromatic carbocycles. The smallest absolute Gasteiger partial charge is 0.227 e. The number of carbonyl (C=O) groups is 1. The quantitative estimate of drug-likeness (QED) is 0.876. The molecule has 0 bridgehead atoms. The number of carbonyl (C=O) groups excluding carboxylic acids is 1. The molecule has 2 rings (SSSR count). The van der Waals surface area contributed by atoms with Gasteiger partial charge in [-0.2, -0.15) is 0 Å². The average Bonchev–Trinajstić information content (AvgIpc) is 2.48. The van der Waals surface area contributed by atoms with Crippen molar-refractivity contribution in [1.82, 2.24) is 5.32 Å². The fraction of sp³-hybridized carbons (Fsp3) is 0.176. The van der Waals surface area contributed by atoms with Crippen LogP contribution in [0.3, 0.4) is 0 Å². The summed E-state index contributed by atoms with van der Waals surface area (Å²) in [5, 5.41) is 12.1. The Morgan fingerprint density at radius 1 is 1.00 bits per heavy atom. The fourth-order valence-corrected chi connectivity index (χ4v) is 1.93. The molecule has 3 nitrogen and oxygen atoms in total. The van der Waals surface area contributed by atoms with Crippen molar-refractivity contribution in [3.63, 3.8) is 0 Å². The second-order valence-corrected chi connectivity index (χ2v) is 4.79. The van der Waals surface area contributed by atoms with Gasteiger partial charge in [0.25, 0.3) is 0 Å². The first-order chi connectivity index (χ1) is 9.65. The highest BCUT2D eigenvalue weighted by atomic mass is 16.3. The molecule has 0 fully saturated rings. The van der Waals surface area contributed by atoms with Crippen molar-refractivity contribution in [3.05, 3.63) is 71.6 Å². The molecule has 0 aliphatic heterocycles. The van der Waals surface area contributed by atoms with Gasteiger partial charge in [0, 0.05) is 6.54 Å². The predicted octanol–water partition coefficient (Wildman–Crippen LogP) is 2.85. The molecule has 0 aliphatic carbocycles. The molecule has 20 heavy (non-hydrogen) atoms. The van der Waals surface area contributed by atoms with Gasteiger partial charge < -0.3 is 10.4 Å². The third kappa shape index (κ3) is 4.12. The van der Waals surface area contributed by atoms with Crippen molar-refractivity contribution in [2.75, 3.05) is 0 Å². The topological polar surface area (TPSA) is 49.3 Å². The fourth-order valence-electron chi connectivity index (χ4n) is 1.93. The molecule has 1 radical (unpaired) electrons. The Labute approximate surface area is 119 Å². The second-order valence-electron chi connectivity index (χ2n) is 4.79. The third-order valence-corrected chi connectivity index (χ3v) is 3.09. The summed E-state index contributed by atoms with van der Waals surface area (Å²) in [6.45, 7) is 2.36. The Morgan fingerprint density at radius 2 is 1.65 bits per heavy atom. The third-order valence-electron chi connectivity index (χ3n) is 3.09. The molecule has 2 N–H and O–H groups in total. The molecule has 0 heterocycles. The normalized spacial score (nSPS) is 10.5. The van der Waals surface area contributed by atoms with Crippen LogP contribution in [0.2, 0.25) is 0 Å². The maximum absolute atomic E-state index is 12.0. The zero-order valence-corrected chi connectivity index (χ0v) is 11.5. The molecule has 0 spiro atoms. The van der Waals surface area contributed by atoms with E-state index in [0.29, 0.717) is 13.0 Å². The van der Waals surface area contributed by atoms with Crippen LogP contribution in [-0.4, -0.2) is 11.0 Å². The molecule has 1 amide bonds. The monoisotopic (exact) mass is 268 g/mol. The summed E-state index contributed by atoms with van der Waals surface area (Å²) in [5.74, 6) is 0.952. The highest BCUT2D eigenvalue weighted by Crippen LogP contribution is 2.14. The predicted molar refractivity (Wildman–Crippen MR) is 79.0 cm³/mol. The van der Waals surface area contributed by atoms with E-state index in [-0.39, 0.29) is 11.7 Å². The lowest BCUT2D eigenvalue weighted by Crippen LogP contribution is -2.28. The number of nitrogens with one attached hydrogen (secondary N) is 1. The van der Waals surface area contributed by atoms with Crippen LogP contribution in [-0.2, 0) is 17.8 Å². The van der Waals surface area contributed by atoms with E-state index in [0.717, 1.165) is 17.0 Å². The van der Waals surface area contributed by atoms with E-state index in [1.807, 2.05) is 49.4 Å². The maximum Gasteiger partial charge on any atom is 0.227 e. The first kappa shape index (κ1) is 14.1. The van der Waals surface area contributed by atoms with E-state index in [9.17, 15) is 9.90 Å². The van der Waals surface area contributed by atoms with E-state index in [2.05, 4.69) is 5.32 Å². The van der Waals surface area contributed by atoms with Crippen LogP contribution in [0, 0.1) is 5.92 Å². The molecule has 0 atom stereocenters. The van der Waals surface area contributed by atoms with Gasteiger partial charge in [-0.25, -0.2) is 0 Å². The van der Waals surface area contributed by atoms with E-state index < -0.39 is 0 Å². The summed E-state index contributed by atoms with van der Waals surface area (Å²) in [7, 11) is 0. The molecule has 0 saturated carbocycles.